The van der Waals surface area contributed by atoms with Crippen LogP contribution in [-0.4, -0.2) is 24.3 Å². The maximum absolute atomic E-state index is 10.3. The number of hydrogen-bond acceptors (Lipinski definition) is 2. The van der Waals surface area contributed by atoms with Gasteiger partial charge in [-0.15, -0.1) is 0 Å². The fourth-order valence-electron chi connectivity index (χ4n) is 2.75. The lowest BCUT2D eigenvalue weighted by atomic mass is 9.89. The number of anilines is 1. The van der Waals surface area contributed by atoms with Crippen LogP contribution in [-0.2, 0) is 0 Å². The van der Waals surface area contributed by atoms with E-state index < -0.39 is 6.09 Å². The number of benzene rings is 1. The molecule has 4 heteroatoms. The van der Waals surface area contributed by atoms with Crippen LogP contribution >= 0.6 is 0 Å². The van der Waals surface area contributed by atoms with Crippen molar-refractivity contribution in [2.75, 3.05) is 18.4 Å². The summed E-state index contributed by atoms with van der Waals surface area (Å²) < 4.78 is 0. The van der Waals surface area contributed by atoms with Crippen LogP contribution < -0.4 is 10.6 Å². The highest BCUT2D eigenvalue weighted by molar-refractivity contribution is 5.65. The third-order valence-electron chi connectivity index (χ3n) is 3.89. The van der Waals surface area contributed by atoms with Crippen molar-refractivity contribution in [2.24, 2.45) is 5.92 Å². The first-order valence-electron chi connectivity index (χ1n) is 7.71. The molecule has 1 aliphatic carbocycles. The molecule has 114 valence electrons. The fourth-order valence-corrected chi connectivity index (χ4v) is 2.75. The lowest BCUT2D eigenvalue weighted by molar-refractivity contribution is 0.195. The van der Waals surface area contributed by atoms with Crippen LogP contribution in [0.5, 0.6) is 0 Å². The molecule has 1 saturated carbocycles. The van der Waals surface area contributed by atoms with Gasteiger partial charge in [-0.1, -0.05) is 43.5 Å². The van der Waals surface area contributed by atoms with Crippen molar-refractivity contribution >= 4 is 17.9 Å². The second kappa shape index (κ2) is 8.35. The molecule has 21 heavy (non-hydrogen) atoms. The van der Waals surface area contributed by atoms with E-state index >= 15 is 0 Å². The minimum Gasteiger partial charge on any atom is -0.465 e. The fraction of sp³-hybridized carbons (Fsp3) is 0.471. The summed E-state index contributed by atoms with van der Waals surface area (Å²) in [5, 5.41) is 14.3. The van der Waals surface area contributed by atoms with E-state index in [9.17, 15) is 4.79 Å². The Morgan fingerprint density at radius 2 is 2.10 bits per heavy atom. The number of amides is 1. The normalized spacial score (nSPS) is 16.0. The minimum absolute atomic E-state index is 0.328. The molecular formula is C17H24N2O2. The first-order chi connectivity index (χ1) is 10.2. The van der Waals surface area contributed by atoms with Gasteiger partial charge in [-0.2, -0.15) is 0 Å². The zero-order chi connectivity index (χ0) is 14.9. The van der Waals surface area contributed by atoms with Crippen molar-refractivity contribution in [1.29, 1.82) is 0 Å². The minimum atomic E-state index is -0.998. The maximum Gasteiger partial charge on any atom is 0.404 e. The molecule has 0 radical (unpaired) electrons. The van der Waals surface area contributed by atoms with E-state index in [1.165, 1.54) is 32.1 Å². The third kappa shape index (κ3) is 5.90. The Balaban J connectivity index is 1.80. The topological polar surface area (TPSA) is 61.4 Å². The summed E-state index contributed by atoms with van der Waals surface area (Å²) in [5.41, 5.74) is 2.21. The molecule has 0 heterocycles. The molecule has 2 rings (SSSR count). The van der Waals surface area contributed by atoms with E-state index in [0.29, 0.717) is 6.54 Å². The quantitative estimate of drug-likeness (QED) is 0.742. The van der Waals surface area contributed by atoms with Gasteiger partial charge in [0.2, 0.25) is 0 Å². The summed E-state index contributed by atoms with van der Waals surface area (Å²) >= 11 is 0. The third-order valence-corrected chi connectivity index (χ3v) is 3.89. The molecule has 1 aromatic rings. The second-order valence-corrected chi connectivity index (χ2v) is 5.60. The summed E-state index contributed by atoms with van der Waals surface area (Å²) in [7, 11) is 0. The number of carboxylic acid groups (broad SMARTS) is 1. The molecule has 0 spiro atoms. The number of carbonyl (C=O) groups is 1. The second-order valence-electron chi connectivity index (χ2n) is 5.60. The van der Waals surface area contributed by atoms with Gasteiger partial charge in [0.05, 0.1) is 0 Å². The molecule has 1 fully saturated rings. The number of rotatable bonds is 6. The summed E-state index contributed by atoms with van der Waals surface area (Å²) in [6.07, 6.45) is 9.55. The zero-order valence-electron chi connectivity index (χ0n) is 12.3. The molecule has 1 aromatic carbocycles. The van der Waals surface area contributed by atoms with Gasteiger partial charge in [-0.05, 0) is 36.5 Å². The van der Waals surface area contributed by atoms with Gasteiger partial charge < -0.3 is 15.7 Å². The first-order valence-corrected chi connectivity index (χ1v) is 7.71. The Morgan fingerprint density at radius 1 is 1.29 bits per heavy atom. The molecule has 0 atom stereocenters. The largest absolute Gasteiger partial charge is 0.465 e. The summed E-state index contributed by atoms with van der Waals surface area (Å²) in [5.74, 6) is 0.803. The van der Waals surface area contributed by atoms with Crippen molar-refractivity contribution in [3.8, 4) is 0 Å². The molecule has 1 amide bonds. The van der Waals surface area contributed by atoms with Crippen LogP contribution in [0.4, 0.5) is 10.5 Å². The Labute approximate surface area is 126 Å². The summed E-state index contributed by atoms with van der Waals surface area (Å²) in [6, 6.07) is 8.21. The van der Waals surface area contributed by atoms with E-state index in [-0.39, 0.29) is 0 Å². The lowest BCUT2D eigenvalue weighted by Gasteiger charge is -2.22. The summed E-state index contributed by atoms with van der Waals surface area (Å²) in [4.78, 5) is 10.3. The van der Waals surface area contributed by atoms with Crippen LogP contribution in [0.2, 0.25) is 0 Å². The predicted molar refractivity (Wildman–Crippen MR) is 86.6 cm³/mol. The molecule has 1 aliphatic rings. The van der Waals surface area contributed by atoms with Crippen molar-refractivity contribution in [2.45, 2.75) is 32.1 Å². The van der Waals surface area contributed by atoms with Gasteiger partial charge in [0.25, 0.3) is 0 Å². The molecule has 0 saturated heterocycles. The van der Waals surface area contributed by atoms with E-state index in [2.05, 4.69) is 22.8 Å². The van der Waals surface area contributed by atoms with Crippen molar-refractivity contribution < 1.29 is 9.90 Å². The van der Waals surface area contributed by atoms with Crippen LogP contribution in [0, 0.1) is 5.92 Å². The molecule has 0 aliphatic heterocycles. The van der Waals surface area contributed by atoms with E-state index in [1.807, 2.05) is 24.3 Å². The molecular weight excluding hydrogens is 264 g/mol. The average Bonchev–Trinajstić information content (AvgIpc) is 2.51. The van der Waals surface area contributed by atoms with Gasteiger partial charge in [0, 0.05) is 18.8 Å². The van der Waals surface area contributed by atoms with Gasteiger partial charge in [0.15, 0.2) is 0 Å². The molecule has 0 bridgehead atoms. The van der Waals surface area contributed by atoms with Gasteiger partial charge >= 0.3 is 6.09 Å². The standard InChI is InChI=1S/C17H24N2O2/c20-17(21)18-11-5-9-14-8-4-10-16(12-14)19-13-15-6-2-1-3-7-15/h4-5,8-10,12,15,18-19H,1-3,6-7,11,13H2,(H,20,21). The molecule has 0 aromatic heterocycles. The highest BCUT2D eigenvalue weighted by Crippen LogP contribution is 2.24. The Kier molecular flexibility index (Phi) is 6.13. The highest BCUT2D eigenvalue weighted by Gasteiger charge is 2.12. The van der Waals surface area contributed by atoms with Crippen LogP contribution in [0.25, 0.3) is 6.08 Å². The van der Waals surface area contributed by atoms with Crippen molar-refractivity contribution in [3.05, 3.63) is 35.9 Å². The molecule has 3 N–H and O–H groups in total. The first kappa shape index (κ1) is 15.4. The maximum atomic E-state index is 10.3. The number of hydrogen-bond donors (Lipinski definition) is 3. The SMILES string of the molecule is O=C(O)NCC=Cc1cccc(NCC2CCCCC2)c1. The van der Waals surface area contributed by atoms with E-state index in [1.54, 1.807) is 0 Å². The average molecular weight is 288 g/mol. The van der Waals surface area contributed by atoms with Crippen molar-refractivity contribution in [3.63, 3.8) is 0 Å². The van der Waals surface area contributed by atoms with Crippen LogP contribution in [0.3, 0.4) is 0 Å². The highest BCUT2D eigenvalue weighted by atomic mass is 16.4. The van der Waals surface area contributed by atoms with E-state index in [0.717, 1.165) is 23.7 Å². The summed E-state index contributed by atoms with van der Waals surface area (Å²) in [6.45, 7) is 1.38. The molecule has 0 unspecified atom stereocenters. The smallest absolute Gasteiger partial charge is 0.404 e. The van der Waals surface area contributed by atoms with Gasteiger partial charge in [0.1, 0.15) is 0 Å². The van der Waals surface area contributed by atoms with Crippen LogP contribution in [0.1, 0.15) is 37.7 Å². The molecule has 4 nitrogen and oxygen atoms in total. The Morgan fingerprint density at radius 3 is 2.86 bits per heavy atom. The zero-order valence-corrected chi connectivity index (χ0v) is 12.3. The monoisotopic (exact) mass is 288 g/mol. The number of nitrogens with one attached hydrogen (secondary N) is 2. The lowest BCUT2D eigenvalue weighted by Crippen LogP contribution is -2.20. The Hall–Kier alpha value is -1.97. The Bertz CT molecular complexity index is 479. The predicted octanol–water partition coefficient (Wildman–Crippen LogP) is 3.96. The van der Waals surface area contributed by atoms with Gasteiger partial charge in [-0.3, -0.25) is 0 Å². The van der Waals surface area contributed by atoms with E-state index in [4.69, 9.17) is 5.11 Å². The van der Waals surface area contributed by atoms with Gasteiger partial charge in [-0.25, -0.2) is 4.79 Å². The van der Waals surface area contributed by atoms with Crippen molar-refractivity contribution in [1.82, 2.24) is 5.32 Å². The van der Waals surface area contributed by atoms with Crippen LogP contribution in [0.15, 0.2) is 30.3 Å².